The number of hydrogen-bond donors (Lipinski definition) is 2. The largest absolute Gasteiger partial charge is 0.329 e. The smallest absolute Gasteiger partial charge is 0.0765 e. The highest BCUT2D eigenvalue weighted by Crippen LogP contribution is 2.32. The fraction of sp³-hybridized carbons (Fsp3) is 0.438. The van der Waals surface area contributed by atoms with Gasteiger partial charge in [-0.1, -0.05) is 30.5 Å². The maximum Gasteiger partial charge on any atom is 0.0765 e. The maximum absolute atomic E-state index is 6.24. The van der Waals surface area contributed by atoms with Crippen LogP contribution in [0.15, 0.2) is 30.5 Å². The van der Waals surface area contributed by atoms with Crippen LogP contribution in [0.3, 0.4) is 0 Å². The lowest BCUT2D eigenvalue weighted by molar-refractivity contribution is 0.518. The van der Waals surface area contributed by atoms with Gasteiger partial charge in [0.1, 0.15) is 0 Å². The average Bonchev–Trinajstić information content (AvgIpc) is 3.29. The van der Waals surface area contributed by atoms with Crippen molar-refractivity contribution in [2.45, 2.75) is 25.3 Å². The molecule has 0 radical (unpaired) electrons. The molecule has 0 aliphatic heterocycles. The van der Waals surface area contributed by atoms with Gasteiger partial charge in [0.25, 0.3) is 0 Å². The molecule has 0 amide bonds. The molecule has 1 unspecified atom stereocenters. The first-order chi connectivity index (χ1) is 9.79. The summed E-state index contributed by atoms with van der Waals surface area (Å²) in [5, 5.41) is 5.30. The zero-order valence-electron chi connectivity index (χ0n) is 11.5. The van der Waals surface area contributed by atoms with E-state index in [9.17, 15) is 0 Å². The molecule has 1 atom stereocenters. The summed E-state index contributed by atoms with van der Waals surface area (Å²) >= 11 is 6.24. The number of halogens is 1. The van der Waals surface area contributed by atoms with Crippen molar-refractivity contribution in [3.8, 4) is 0 Å². The van der Waals surface area contributed by atoms with Crippen LogP contribution in [0, 0.1) is 5.92 Å². The van der Waals surface area contributed by atoms with Crippen LogP contribution >= 0.6 is 11.6 Å². The first-order valence-electron chi connectivity index (χ1n) is 7.26. The van der Waals surface area contributed by atoms with Gasteiger partial charge in [0.05, 0.1) is 5.52 Å². The molecule has 1 saturated carbocycles. The molecule has 1 aromatic carbocycles. The first-order valence-corrected chi connectivity index (χ1v) is 7.64. The maximum atomic E-state index is 6.24. The number of benzene rings is 1. The summed E-state index contributed by atoms with van der Waals surface area (Å²) in [6.07, 6.45) is 5.83. The van der Waals surface area contributed by atoms with Crippen LogP contribution in [0.2, 0.25) is 5.02 Å². The molecule has 1 fully saturated rings. The van der Waals surface area contributed by atoms with Crippen molar-refractivity contribution in [2.24, 2.45) is 11.7 Å². The molecule has 3 nitrogen and oxygen atoms in total. The fourth-order valence-electron chi connectivity index (χ4n) is 2.63. The van der Waals surface area contributed by atoms with E-state index < -0.39 is 0 Å². The lowest BCUT2D eigenvalue weighted by Gasteiger charge is -2.19. The van der Waals surface area contributed by atoms with Gasteiger partial charge in [-0.25, -0.2) is 0 Å². The molecule has 3 rings (SSSR count). The summed E-state index contributed by atoms with van der Waals surface area (Å²) < 4.78 is 0. The van der Waals surface area contributed by atoms with Crippen LogP contribution in [0.1, 0.15) is 30.9 Å². The Balaban J connectivity index is 1.84. The fourth-order valence-corrected chi connectivity index (χ4v) is 2.84. The zero-order valence-corrected chi connectivity index (χ0v) is 12.2. The Labute approximate surface area is 124 Å². The molecular formula is C16H20ClN3. The molecule has 1 aromatic heterocycles. The van der Waals surface area contributed by atoms with E-state index in [1.54, 1.807) is 6.20 Å². The van der Waals surface area contributed by atoms with Crippen LogP contribution in [-0.4, -0.2) is 18.1 Å². The Morgan fingerprint density at radius 1 is 1.35 bits per heavy atom. The summed E-state index contributed by atoms with van der Waals surface area (Å²) in [7, 11) is 0. The second-order valence-electron chi connectivity index (χ2n) is 5.51. The Morgan fingerprint density at radius 3 is 2.95 bits per heavy atom. The average molecular weight is 290 g/mol. The topological polar surface area (TPSA) is 50.9 Å². The molecule has 4 heteroatoms. The number of nitrogens with two attached hydrogens (primary N) is 1. The Morgan fingerprint density at radius 2 is 2.20 bits per heavy atom. The van der Waals surface area contributed by atoms with Crippen LogP contribution in [0.5, 0.6) is 0 Å². The Bertz CT molecular complexity index is 595. The van der Waals surface area contributed by atoms with Gasteiger partial charge >= 0.3 is 0 Å². The Hall–Kier alpha value is -1.16. The molecule has 1 aliphatic rings. The summed E-state index contributed by atoms with van der Waals surface area (Å²) in [4.78, 5) is 4.49. The summed E-state index contributed by atoms with van der Waals surface area (Å²) in [5.74, 6) is 0.931. The van der Waals surface area contributed by atoms with Crippen LogP contribution in [0.25, 0.3) is 10.9 Å². The lowest BCUT2D eigenvalue weighted by Crippen LogP contribution is -2.29. The molecule has 1 heterocycles. The Kier molecular flexibility index (Phi) is 4.20. The van der Waals surface area contributed by atoms with Crippen LogP contribution in [0.4, 0.5) is 0 Å². The second-order valence-corrected chi connectivity index (χ2v) is 5.92. The van der Waals surface area contributed by atoms with Crippen molar-refractivity contribution in [1.29, 1.82) is 0 Å². The number of rotatable bonds is 6. The van der Waals surface area contributed by atoms with Crippen LogP contribution in [-0.2, 0) is 0 Å². The van der Waals surface area contributed by atoms with E-state index >= 15 is 0 Å². The lowest BCUT2D eigenvalue weighted by atomic mass is 10.0. The zero-order chi connectivity index (χ0) is 13.9. The third kappa shape index (κ3) is 2.95. The molecule has 3 N–H and O–H groups in total. The highest BCUT2D eigenvalue weighted by atomic mass is 35.5. The van der Waals surface area contributed by atoms with Gasteiger partial charge in [0.15, 0.2) is 0 Å². The summed E-state index contributed by atoms with van der Waals surface area (Å²) in [6.45, 7) is 1.58. The third-order valence-corrected chi connectivity index (χ3v) is 4.33. The van der Waals surface area contributed by atoms with Gasteiger partial charge in [-0.15, -0.1) is 0 Å². The van der Waals surface area contributed by atoms with Gasteiger partial charge in [0, 0.05) is 29.2 Å². The van der Waals surface area contributed by atoms with Gasteiger partial charge in [-0.05, 0) is 42.6 Å². The number of nitrogens with one attached hydrogen (secondary N) is 1. The SMILES string of the molecule is NCC(NCCC1CC1)c1ccc(Cl)c2cccnc12. The predicted molar refractivity (Wildman–Crippen MR) is 83.9 cm³/mol. The van der Waals surface area contributed by atoms with Crippen molar-refractivity contribution in [3.63, 3.8) is 0 Å². The van der Waals surface area contributed by atoms with E-state index in [4.69, 9.17) is 17.3 Å². The first kappa shape index (κ1) is 13.8. The van der Waals surface area contributed by atoms with Gasteiger partial charge in [-0.2, -0.15) is 0 Å². The molecule has 1 aliphatic carbocycles. The van der Waals surface area contributed by atoms with Gasteiger partial charge < -0.3 is 11.1 Å². The van der Waals surface area contributed by atoms with Gasteiger partial charge in [-0.3, -0.25) is 4.98 Å². The molecule has 0 saturated heterocycles. The minimum Gasteiger partial charge on any atom is -0.329 e. The minimum atomic E-state index is 0.142. The van der Waals surface area contributed by atoms with Crippen LogP contribution < -0.4 is 11.1 Å². The van der Waals surface area contributed by atoms with Crippen molar-refractivity contribution < 1.29 is 0 Å². The molecule has 20 heavy (non-hydrogen) atoms. The van der Waals surface area contributed by atoms with Crippen molar-refractivity contribution >= 4 is 22.5 Å². The van der Waals surface area contributed by atoms with E-state index in [1.165, 1.54) is 19.3 Å². The van der Waals surface area contributed by atoms with Crippen molar-refractivity contribution in [1.82, 2.24) is 10.3 Å². The van der Waals surface area contributed by atoms with E-state index in [2.05, 4.69) is 10.3 Å². The molecule has 0 bridgehead atoms. The molecule has 2 aromatic rings. The van der Waals surface area contributed by atoms with E-state index in [0.29, 0.717) is 6.54 Å². The standard InChI is InChI=1S/C16H20ClN3/c17-14-6-5-13(16-12(14)2-1-8-20-16)15(10-18)19-9-7-11-3-4-11/h1-2,5-6,8,11,15,19H,3-4,7,9-10,18H2. The van der Waals surface area contributed by atoms with Crippen molar-refractivity contribution in [2.75, 3.05) is 13.1 Å². The highest BCUT2D eigenvalue weighted by Gasteiger charge is 2.21. The number of hydrogen-bond acceptors (Lipinski definition) is 3. The second kappa shape index (κ2) is 6.08. The highest BCUT2D eigenvalue weighted by molar-refractivity contribution is 6.35. The molecule has 0 spiro atoms. The minimum absolute atomic E-state index is 0.142. The number of aromatic nitrogens is 1. The summed E-state index contributed by atoms with van der Waals surface area (Å²) in [6, 6.07) is 8.04. The van der Waals surface area contributed by atoms with E-state index in [1.807, 2.05) is 24.3 Å². The number of nitrogens with zero attached hydrogens (tertiary/aromatic N) is 1. The van der Waals surface area contributed by atoms with E-state index in [-0.39, 0.29) is 6.04 Å². The third-order valence-electron chi connectivity index (χ3n) is 4.00. The van der Waals surface area contributed by atoms with Gasteiger partial charge in [0.2, 0.25) is 0 Å². The number of fused-ring (bicyclic) bond motifs is 1. The predicted octanol–water partition coefficient (Wildman–Crippen LogP) is 3.28. The van der Waals surface area contributed by atoms with E-state index in [0.717, 1.165) is 34.0 Å². The molecular weight excluding hydrogens is 270 g/mol. The van der Waals surface area contributed by atoms with Crippen molar-refractivity contribution in [3.05, 3.63) is 41.0 Å². The monoisotopic (exact) mass is 289 g/mol. The quantitative estimate of drug-likeness (QED) is 0.858. The number of pyridine rings is 1. The summed E-state index contributed by atoms with van der Waals surface area (Å²) in [5.41, 5.74) is 8.04. The molecule has 106 valence electrons. The normalized spacial score (nSPS) is 16.5.